The molecule has 2 unspecified atom stereocenters. The van der Waals surface area contributed by atoms with Gasteiger partial charge in [0.25, 0.3) is 0 Å². The number of hydrogen-bond donors (Lipinski definition) is 1. The number of rotatable bonds is 5. The Bertz CT molecular complexity index is 381. The molecule has 1 aliphatic rings. The molecule has 0 amide bonds. The molecule has 1 saturated heterocycles. The summed E-state index contributed by atoms with van der Waals surface area (Å²) >= 11 is 0. The van der Waals surface area contributed by atoms with E-state index in [-0.39, 0.29) is 6.10 Å². The van der Waals surface area contributed by atoms with Crippen LogP contribution in [0.2, 0.25) is 0 Å². The van der Waals surface area contributed by atoms with Crippen LogP contribution in [0.3, 0.4) is 0 Å². The van der Waals surface area contributed by atoms with Crippen LogP contribution in [-0.4, -0.2) is 42.9 Å². The Labute approximate surface area is 109 Å². The maximum absolute atomic E-state index is 9.71. The van der Waals surface area contributed by atoms with E-state index in [0.29, 0.717) is 5.92 Å². The number of methoxy groups -OCH3 is 1. The van der Waals surface area contributed by atoms with Crippen LogP contribution in [0.5, 0.6) is 5.75 Å². The summed E-state index contributed by atoms with van der Waals surface area (Å²) in [5.41, 5.74) is 1.30. The zero-order valence-corrected chi connectivity index (χ0v) is 11.3. The minimum Gasteiger partial charge on any atom is -0.496 e. The van der Waals surface area contributed by atoms with Crippen molar-refractivity contribution in [2.45, 2.75) is 31.8 Å². The van der Waals surface area contributed by atoms with Crippen LogP contribution < -0.4 is 4.74 Å². The third-order valence-electron chi connectivity index (χ3n) is 3.79. The Morgan fingerprint density at radius 1 is 1.44 bits per heavy atom. The van der Waals surface area contributed by atoms with Gasteiger partial charge in [-0.15, -0.1) is 0 Å². The lowest BCUT2D eigenvalue weighted by molar-refractivity contribution is 0.121. The van der Waals surface area contributed by atoms with Gasteiger partial charge in [0.2, 0.25) is 0 Å². The lowest BCUT2D eigenvalue weighted by atomic mass is 9.97. The van der Waals surface area contributed by atoms with E-state index in [0.717, 1.165) is 38.2 Å². The first kappa shape index (κ1) is 13.4. The van der Waals surface area contributed by atoms with Gasteiger partial charge in [-0.3, -0.25) is 0 Å². The molecule has 1 heterocycles. The van der Waals surface area contributed by atoms with Crippen molar-refractivity contribution in [2.24, 2.45) is 0 Å². The number of aliphatic hydroxyl groups excluding tert-OH is 1. The van der Waals surface area contributed by atoms with Crippen molar-refractivity contribution in [1.29, 1.82) is 0 Å². The van der Waals surface area contributed by atoms with Crippen LogP contribution in [-0.2, 0) is 0 Å². The smallest absolute Gasteiger partial charge is 0.122 e. The number of ether oxygens (including phenoxy) is 1. The lowest BCUT2D eigenvalue weighted by Crippen LogP contribution is -2.30. The van der Waals surface area contributed by atoms with Crippen LogP contribution in [0.1, 0.15) is 31.2 Å². The van der Waals surface area contributed by atoms with E-state index in [9.17, 15) is 5.11 Å². The topological polar surface area (TPSA) is 32.7 Å². The van der Waals surface area contributed by atoms with Gasteiger partial charge in [-0.1, -0.05) is 25.1 Å². The number of β-amino-alcohol motifs (C(OH)–C–C–N with tert-alkyl or cyclic N) is 1. The summed E-state index contributed by atoms with van der Waals surface area (Å²) in [6.45, 7) is 4.91. The minimum absolute atomic E-state index is 0.193. The van der Waals surface area contributed by atoms with E-state index in [2.05, 4.69) is 17.0 Å². The van der Waals surface area contributed by atoms with Gasteiger partial charge < -0.3 is 14.7 Å². The van der Waals surface area contributed by atoms with Gasteiger partial charge >= 0.3 is 0 Å². The van der Waals surface area contributed by atoms with Gasteiger partial charge in [-0.05, 0) is 31.0 Å². The maximum Gasteiger partial charge on any atom is 0.122 e. The fraction of sp³-hybridized carbons (Fsp3) is 0.600. The first-order valence-electron chi connectivity index (χ1n) is 6.78. The molecule has 1 aliphatic heterocycles. The highest BCUT2D eigenvalue weighted by atomic mass is 16.5. The van der Waals surface area contributed by atoms with E-state index < -0.39 is 0 Å². The number of aliphatic hydroxyl groups is 1. The molecule has 1 N–H and O–H groups in total. The summed E-state index contributed by atoms with van der Waals surface area (Å²) in [5.74, 6) is 1.52. The predicted octanol–water partition coefficient (Wildman–Crippen LogP) is 2.26. The van der Waals surface area contributed by atoms with E-state index in [4.69, 9.17) is 4.74 Å². The van der Waals surface area contributed by atoms with Gasteiger partial charge in [0, 0.05) is 19.0 Å². The number of nitrogens with zero attached hydrogens (tertiary/aromatic N) is 1. The standard InChI is InChI=1S/C15H23NO2/c1-3-13(17)11-16-9-8-12(10-16)14-6-4-5-7-15(14)18-2/h4-7,12-13,17H,3,8-11H2,1-2H3. The molecule has 2 atom stereocenters. The monoisotopic (exact) mass is 249 g/mol. The number of likely N-dealkylation sites (tertiary alicyclic amines) is 1. The third kappa shape index (κ3) is 3.03. The Hall–Kier alpha value is -1.06. The van der Waals surface area contributed by atoms with Crippen LogP contribution in [0, 0.1) is 0 Å². The lowest BCUT2D eigenvalue weighted by Gasteiger charge is -2.19. The van der Waals surface area contributed by atoms with Crippen molar-refractivity contribution in [3.8, 4) is 5.75 Å². The molecule has 3 nitrogen and oxygen atoms in total. The van der Waals surface area contributed by atoms with Gasteiger partial charge in [0.05, 0.1) is 13.2 Å². The summed E-state index contributed by atoms with van der Waals surface area (Å²) < 4.78 is 5.43. The highest BCUT2D eigenvalue weighted by molar-refractivity contribution is 5.37. The number of para-hydroxylation sites is 1. The fourth-order valence-electron chi connectivity index (χ4n) is 2.68. The van der Waals surface area contributed by atoms with Gasteiger partial charge in [0.15, 0.2) is 0 Å². The zero-order chi connectivity index (χ0) is 13.0. The summed E-state index contributed by atoms with van der Waals surface area (Å²) in [6, 6.07) is 8.26. The Morgan fingerprint density at radius 3 is 2.94 bits per heavy atom. The molecule has 0 aromatic heterocycles. The first-order chi connectivity index (χ1) is 8.74. The molecule has 1 fully saturated rings. The second-order valence-corrected chi connectivity index (χ2v) is 5.05. The molecule has 0 aliphatic carbocycles. The molecule has 3 heteroatoms. The average molecular weight is 249 g/mol. The Balaban J connectivity index is 2.00. The zero-order valence-electron chi connectivity index (χ0n) is 11.3. The molecule has 1 aromatic rings. The van der Waals surface area contributed by atoms with Gasteiger partial charge in [-0.2, -0.15) is 0 Å². The third-order valence-corrected chi connectivity index (χ3v) is 3.79. The molecule has 100 valence electrons. The second kappa shape index (κ2) is 6.21. The molecule has 18 heavy (non-hydrogen) atoms. The molecule has 0 radical (unpaired) electrons. The van der Waals surface area contributed by atoms with E-state index in [1.807, 2.05) is 19.1 Å². The van der Waals surface area contributed by atoms with Crippen molar-refractivity contribution in [2.75, 3.05) is 26.7 Å². The molecule has 2 rings (SSSR count). The van der Waals surface area contributed by atoms with Crippen molar-refractivity contribution in [1.82, 2.24) is 4.90 Å². The van der Waals surface area contributed by atoms with Crippen molar-refractivity contribution >= 4 is 0 Å². The molecule has 0 bridgehead atoms. The summed E-state index contributed by atoms with van der Waals surface area (Å²) in [6.07, 6.45) is 1.79. The van der Waals surface area contributed by atoms with Gasteiger partial charge in [-0.25, -0.2) is 0 Å². The highest BCUT2D eigenvalue weighted by Gasteiger charge is 2.26. The normalized spacial score (nSPS) is 22.1. The quantitative estimate of drug-likeness (QED) is 0.869. The Kier molecular flexibility index (Phi) is 4.61. The average Bonchev–Trinajstić information content (AvgIpc) is 2.86. The van der Waals surface area contributed by atoms with Crippen LogP contribution in [0.15, 0.2) is 24.3 Å². The van der Waals surface area contributed by atoms with Crippen molar-refractivity contribution < 1.29 is 9.84 Å². The SMILES string of the molecule is CCC(O)CN1CCC(c2ccccc2OC)C1. The maximum atomic E-state index is 9.71. The van der Waals surface area contributed by atoms with Gasteiger partial charge in [0.1, 0.15) is 5.75 Å². The molecular formula is C15H23NO2. The number of hydrogen-bond acceptors (Lipinski definition) is 3. The second-order valence-electron chi connectivity index (χ2n) is 5.05. The summed E-state index contributed by atoms with van der Waals surface area (Å²) in [5, 5.41) is 9.71. The van der Waals surface area contributed by atoms with Crippen LogP contribution in [0.4, 0.5) is 0 Å². The van der Waals surface area contributed by atoms with E-state index in [1.165, 1.54) is 5.56 Å². The first-order valence-corrected chi connectivity index (χ1v) is 6.78. The minimum atomic E-state index is -0.193. The summed E-state index contributed by atoms with van der Waals surface area (Å²) in [4.78, 5) is 2.35. The van der Waals surface area contributed by atoms with Crippen LogP contribution >= 0.6 is 0 Å². The van der Waals surface area contributed by atoms with Crippen LogP contribution in [0.25, 0.3) is 0 Å². The number of benzene rings is 1. The predicted molar refractivity (Wildman–Crippen MR) is 73.1 cm³/mol. The van der Waals surface area contributed by atoms with Crippen molar-refractivity contribution in [3.63, 3.8) is 0 Å². The van der Waals surface area contributed by atoms with E-state index in [1.54, 1.807) is 7.11 Å². The summed E-state index contributed by atoms with van der Waals surface area (Å²) in [7, 11) is 1.73. The molecule has 0 spiro atoms. The Morgan fingerprint density at radius 2 is 2.22 bits per heavy atom. The highest BCUT2D eigenvalue weighted by Crippen LogP contribution is 2.33. The van der Waals surface area contributed by atoms with E-state index >= 15 is 0 Å². The largest absolute Gasteiger partial charge is 0.496 e. The molecule has 0 saturated carbocycles. The van der Waals surface area contributed by atoms with Crippen molar-refractivity contribution in [3.05, 3.63) is 29.8 Å². The molecular weight excluding hydrogens is 226 g/mol. The fourth-order valence-corrected chi connectivity index (χ4v) is 2.68. The molecule has 1 aromatic carbocycles.